The molecule has 21 heavy (non-hydrogen) atoms. The van der Waals surface area contributed by atoms with Crippen molar-refractivity contribution >= 4 is 26.0 Å². The number of nitrogens with one attached hydrogen (secondary N) is 1. The van der Waals surface area contributed by atoms with Gasteiger partial charge >= 0.3 is 0 Å². The van der Waals surface area contributed by atoms with E-state index in [4.69, 9.17) is 10.5 Å². The summed E-state index contributed by atoms with van der Waals surface area (Å²) in [6, 6.07) is 3.50. The summed E-state index contributed by atoms with van der Waals surface area (Å²) in [5.41, 5.74) is 7.28. The number of rotatable bonds is 5. The van der Waals surface area contributed by atoms with Crippen molar-refractivity contribution in [3.63, 3.8) is 0 Å². The van der Waals surface area contributed by atoms with E-state index in [9.17, 15) is 8.42 Å². The van der Waals surface area contributed by atoms with Gasteiger partial charge in [-0.15, -0.1) is 0 Å². The molecule has 118 valence electrons. The Kier molecular flexibility index (Phi) is 5.43. The topological polar surface area (TPSA) is 81.4 Å². The first kappa shape index (κ1) is 16.9. The van der Waals surface area contributed by atoms with Gasteiger partial charge in [-0.3, -0.25) is 0 Å². The normalized spacial score (nSPS) is 22.7. The highest BCUT2D eigenvalue weighted by molar-refractivity contribution is 9.10. The molecule has 7 heteroatoms. The fraction of sp³-hybridized carbons (Fsp3) is 0.571. The number of benzene rings is 1. The zero-order chi connectivity index (χ0) is 15.6. The largest absolute Gasteiger partial charge is 0.378 e. The molecule has 0 amide bonds. The Morgan fingerprint density at radius 3 is 2.76 bits per heavy atom. The lowest BCUT2D eigenvalue weighted by atomic mass is 10.0. The molecule has 0 spiro atoms. The van der Waals surface area contributed by atoms with Gasteiger partial charge in [0, 0.05) is 30.1 Å². The molecule has 1 aromatic rings. The highest BCUT2D eigenvalue weighted by Crippen LogP contribution is 2.28. The minimum Gasteiger partial charge on any atom is -0.378 e. The molecule has 1 saturated heterocycles. The summed E-state index contributed by atoms with van der Waals surface area (Å²) in [4.78, 5) is 0.245. The SMILES string of the molecule is Cc1cc(CN)cc(S(=O)(=O)NCC2CCOC2C)c1Br. The Morgan fingerprint density at radius 1 is 1.48 bits per heavy atom. The van der Waals surface area contributed by atoms with E-state index in [2.05, 4.69) is 20.7 Å². The zero-order valence-electron chi connectivity index (χ0n) is 12.2. The van der Waals surface area contributed by atoms with Gasteiger partial charge in [0.2, 0.25) is 10.0 Å². The monoisotopic (exact) mass is 376 g/mol. The van der Waals surface area contributed by atoms with Gasteiger partial charge in [-0.25, -0.2) is 13.1 Å². The van der Waals surface area contributed by atoms with Crippen LogP contribution in [0.2, 0.25) is 0 Å². The number of hydrogen-bond acceptors (Lipinski definition) is 4. The molecule has 5 nitrogen and oxygen atoms in total. The second-order valence-corrected chi connectivity index (χ2v) is 7.93. The molecular weight excluding hydrogens is 356 g/mol. The molecule has 0 aromatic heterocycles. The first-order valence-electron chi connectivity index (χ1n) is 6.95. The van der Waals surface area contributed by atoms with Crippen LogP contribution in [0.1, 0.15) is 24.5 Å². The minimum atomic E-state index is -3.56. The van der Waals surface area contributed by atoms with Crippen LogP contribution < -0.4 is 10.5 Å². The Hall–Kier alpha value is -0.470. The second kappa shape index (κ2) is 6.75. The number of hydrogen-bond donors (Lipinski definition) is 2. The smallest absolute Gasteiger partial charge is 0.241 e. The summed E-state index contributed by atoms with van der Waals surface area (Å²) >= 11 is 3.36. The van der Waals surface area contributed by atoms with Crippen molar-refractivity contribution in [1.29, 1.82) is 0 Å². The predicted molar refractivity (Wildman–Crippen MR) is 85.5 cm³/mol. The molecule has 1 heterocycles. The Morgan fingerprint density at radius 2 is 2.19 bits per heavy atom. The van der Waals surface area contributed by atoms with Crippen LogP contribution in [-0.2, 0) is 21.3 Å². The van der Waals surface area contributed by atoms with Crippen LogP contribution >= 0.6 is 15.9 Å². The minimum absolute atomic E-state index is 0.0910. The maximum atomic E-state index is 12.5. The summed E-state index contributed by atoms with van der Waals surface area (Å²) < 4.78 is 33.8. The van der Waals surface area contributed by atoms with Crippen LogP contribution in [0.3, 0.4) is 0 Å². The van der Waals surface area contributed by atoms with Crippen molar-refractivity contribution in [3.8, 4) is 0 Å². The lowest BCUT2D eigenvalue weighted by molar-refractivity contribution is 0.107. The molecule has 0 bridgehead atoms. The summed E-state index contributed by atoms with van der Waals surface area (Å²) in [5.74, 6) is 0.220. The molecule has 0 saturated carbocycles. The van der Waals surface area contributed by atoms with E-state index >= 15 is 0 Å². The standard InChI is InChI=1S/C14H21BrN2O3S/c1-9-5-11(7-16)6-13(14(9)15)21(18,19)17-8-12-3-4-20-10(12)2/h5-6,10,12,17H,3-4,7-8,16H2,1-2H3. The van der Waals surface area contributed by atoms with Gasteiger partial charge in [-0.05, 0) is 53.4 Å². The number of aryl methyl sites for hydroxylation is 1. The first-order chi connectivity index (χ1) is 9.85. The lowest BCUT2D eigenvalue weighted by Crippen LogP contribution is -2.32. The first-order valence-corrected chi connectivity index (χ1v) is 9.23. The molecule has 1 aliphatic rings. The molecule has 2 rings (SSSR count). The maximum absolute atomic E-state index is 12.5. The fourth-order valence-electron chi connectivity index (χ4n) is 2.46. The van der Waals surface area contributed by atoms with Crippen molar-refractivity contribution in [1.82, 2.24) is 4.72 Å². The molecule has 3 N–H and O–H groups in total. The summed E-state index contributed by atoms with van der Waals surface area (Å²) in [6.45, 7) is 5.22. The Labute approximate surface area is 134 Å². The van der Waals surface area contributed by atoms with Gasteiger partial charge < -0.3 is 10.5 Å². The van der Waals surface area contributed by atoms with Crippen LogP contribution in [0.5, 0.6) is 0 Å². The van der Waals surface area contributed by atoms with Crippen molar-refractivity contribution in [2.24, 2.45) is 11.7 Å². The molecule has 1 aromatic carbocycles. The van der Waals surface area contributed by atoms with Crippen LogP contribution in [-0.4, -0.2) is 27.7 Å². The second-order valence-electron chi connectivity index (χ2n) is 5.41. The number of nitrogens with two attached hydrogens (primary N) is 1. The molecule has 0 radical (unpaired) electrons. The van der Waals surface area contributed by atoms with E-state index in [-0.39, 0.29) is 16.9 Å². The average molecular weight is 377 g/mol. The lowest BCUT2D eigenvalue weighted by Gasteiger charge is -2.16. The van der Waals surface area contributed by atoms with Gasteiger partial charge in [-0.2, -0.15) is 0 Å². The predicted octanol–water partition coefficient (Wildman–Crippen LogP) is 1.92. The third-order valence-corrected chi connectivity index (χ3v) is 6.64. The number of sulfonamides is 1. The van der Waals surface area contributed by atoms with Gasteiger partial charge in [0.1, 0.15) is 0 Å². The van der Waals surface area contributed by atoms with Gasteiger partial charge in [0.05, 0.1) is 11.0 Å². The average Bonchev–Trinajstić information content (AvgIpc) is 2.84. The van der Waals surface area contributed by atoms with E-state index in [1.807, 2.05) is 19.9 Å². The van der Waals surface area contributed by atoms with Gasteiger partial charge in [-0.1, -0.05) is 6.07 Å². The quantitative estimate of drug-likeness (QED) is 0.822. The molecule has 2 unspecified atom stereocenters. The van der Waals surface area contributed by atoms with Gasteiger partial charge in [0.15, 0.2) is 0 Å². The molecule has 1 aliphatic heterocycles. The maximum Gasteiger partial charge on any atom is 0.241 e. The van der Waals surface area contributed by atoms with Crippen LogP contribution in [0.25, 0.3) is 0 Å². The van der Waals surface area contributed by atoms with Crippen molar-refractivity contribution in [2.45, 2.75) is 37.8 Å². The summed E-state index contributed by atoms with van der Waals surface area (Å²) in [5, 5.41) is 0. The molecule has 1 fully saturated rings. The van der Waals surface area contributed by atoms with Crippen LogP contribution in [0.15, 0.2) is 21.5 Å². The Bertz CT molecular complexity index is 619. The van der Waals surface area contributed by atoms with Crippen molar-refractivity contribution in [3.05, 3.63) is 27.7 Å². The molecule has 2 atom stereocenters. The van der Waals surface area contributed by atoms with Crippen molar-refractivity contribution < 1.29 is 13.2 Å². The van der Waals surface area contributed by atoms with Crippen LogP contribution in [0.4, 0.5) is 0 Å². The van der Waals surface area contributed by atoms with Crippen molar-refractivity contribution in [2.75, 3.05) is 13.2 Å². The van der Waals surface area contributed by atoms with E-state index in [1.54, 1.807) is 6.07 Å². The van der Waals surface area contributed by atoms with Crippen LogP contribution in [0, 0.1) is 12.8 Å². The number of halogens is 1. The van der Waals surface area contributed by atoms with E-state index in [0.717, 1.165) is 17.5 Å². The van der Waals surface area contributed by atoms with E-state index in [0.29, 0.717) is 24.2 Å². The summed E-state index contributed by atoms with van der Waals surface area (Å²) in [6.07, 6.45) is 0.973. The molecular formula is C14H21BrN2O3S. The summed E-state index contributed by atoms with van der Waals surface area (Å²) in [7, 11) is -3.56. The number of ether oxygens (including phenoxy) is 1. The van der Waals surface area contributed by atoms with E-state index < -0.39 is 10.0 Å². The highest BCUT2D eigenvalue weighted by atomic mass is 79.9. The zero-order valence-corrected chi connectivity index (χ0v) is 14.6. The third kappa shape index (κ3) is 3.84. The Balaban J connectivity index is 2.21. The highest BCUT2D eigenvalue weighted by Gasteiger charge is 2.27. The van der Waals surface area contributed by atoms with Gasteiger partial charge in [0.25, 0.3) is 0 Å². The molecule has 0 aliphatic carbocycles. The van der Waals surface area contributed by atoms with E-state index in [1.165, 1.54) is 0 Å². The third-order valence-electron chi connectivity index (χ3n) is 3.87. The fourth-order valence-corrected chi connectivity index (χ4v) is 4.62.